The molecule has 1 saturated heterocycles. The Morgan fingerprint density at radius 2 is 2.00 bits per heavy atom. The summed E-state index contributed by atoms with van der Waals surface area (Å²) in [5.41, 5.74) is 1.82. The number of rotatable bonds is 6. The van der Waals surface area contributed by atoms with E-state index in [1.165, 1.54) is 0 Å². The van der Waals surface area contributed by atoms with Crippen LogP contribution in [0.1, 0.15) is 17.0 Å². The fourth-order valence-corrected chi connectivity index (χ4v) is 4.89. The molecule has 8 nitrogen and oxygen atoms in total. The highest BCUT2D eigenvalue weighted by atomic mass is 127. The van der Waals surface area contributed by atoms with Crippen LogP contribution in [0.3, 0.4) is 0 Å². The molecule has 0 amide bonds. The van der Waals surface area contributed by atoms with E-state index in [1.807, 2.05) is 13.8 Å². The van der Waals surface area contributed by atoms with Crippen molar-refractivity contribution in [3.8, 4) is 0 Å². The SMILES string of the molecule is CN=C(NCCS(=O)(=O)N1CCSCC1)NCc1c(C)noc1C.I. The second-order valence-corrected chi connectivity index (χ2v) is 8.80. The summed E-state index contributed by atoms with van der Waals surface area (Å²) in [7, 11) is -1.56. The minimum atomic E-state index is -3.21. The first kappa shape index (κ1) is 22.5. The van der Waals surface area contributed by atoms with Crippen molar-refractivity contribution < 1.29 is 12.9 Å². The first-order valence-corrected chi connectivity index (χ1v) is 10.6. The number of sulfonamides is 1. The lowest BCUT2D eigenvalue weighted by atomic mass is 10.2. The van der Waals surface area contributed by atoms with Gasteiger partial charge in [-0.3, -0.25) is 4.99 Å². The maximum Gasteiger partial charge on any atom is 0.215 e. The van der Waals surface area contributed by atoms with E-state index in [1.54, 1.807) is 23.1 Å². The molecule has 0 radical (unpaired) electrons. The number of thioether (sulfide) groups is 1. The van der Waals surface area contributed by atoms with Gasteiger partial charge in [-0.2, -0.15) is 11.8 Å². The van der Waals surface area contributed by atoms with E-state index in [0.717, 1.165) is 28.5 Å². The number of aliphatic imine (C=N–C) groups is 1. The summed E-state index contributed by atoms with van der Waals surface area (Å²) in [4.78, 5) is 4.11. The lowest BCUT2D eigenvalue weighted by Gasteiger charge is -2.25. The third-order valence-electron chi connectivity index (χ3n) is 3.85. The fraction of sp³-hybridized carbons (Fsp3) is 0.714. The second-order valence-electron chi connectivity index (χ2n) is 5.48. The van der Waals surface area contributed by atoms with Gasteiger partial charge in [0, 0.05) is 50.3 Å². The summed E-state index contributed by atoms with van der Waals surface area (Å²) < 4.78 is 31.3. The molecular formula is C14H26IN5O3S2. The van der Waals surface area contributed by atoms with Crippen LogP contribution >= 0.6 is 35.7 Å². The Labute approximate surface area is 170 Å². The van der Waals surface area contributed by atoms with Crippen LogP contribution in [0.4, 0.5) is 0 Å². The van der Waals surface area contributed by atoms with Crippen LogP contribution in [0.25, 0.3) is 0 Å². The predicted molar refractivity (Wildman–Crippen MR) is 112 cm³/mol. The molecule has 11 heteroatoms. The summed E-state index contributed by atoms with van der Waals surface area (Å²) in [5, 5.41) is 10.1. The fourth-order valence-electron chi connectivity index (χ4n) is 2.40. The van der Waals surface area contributed by atoms with Crippen molar-refractivity contribution in [1.29, 1.82) is 0 Å². The first-order valence-electron chi connectivity index (χ1n) is 7.86. The minimum absolute atomic E-state index is 0. The third-order valence-corrected chi connectivity index (χ3v) is 6.67. The van der Waals surface area contributed by atoms with Gasteiger partial charge in [-0.15, -0.1) is 24.0 Å². The number of aryl methyl sites for hydroxylation is 2. The molecule has 0 unspecified atom stereocenters. The van der Waals surface area contributed by atoms with E-state index in [4.69, 9.17) is 4.52 Å². The molecule has 2 heterocycles. The Morgan fingerprint density at radius 3 is 2.56 bits per heavy atom. The number of nitrogens with zero attached hydrogens (tertiary/aromatic N) is 3. The van der Waals surface area contributed by atoms with Gasteiger partial charge in [0.15, 0.2) is 5.96 Å². The van der Waals surface area contributed by atoms with E-state index in [9.17, 15) is 8.42 Å². The molecule has 144 valence electrons. The van der Waals surface area contributed by atoms with Gasteiger partial charge < -0.3 is 15.2 Å². The Balaban J connectivity index is 0.00000312. The molecule has 0 saturated carbocycles. The standard InChI is InChI=1S/C14H25N5O3S2.HI/c1-11-13(12(2)22-18-11)10-17-14(15-3)16-4-9-24(20,21)19-5-7-23-8-6-19;/h4-10H2,1-3H3,(H2,15,16,17);1H. The monoisotopic (exact) mass is 503 g/mol. The second kappa shape index (κ2) is 10.6. The van der Waals surface area contributed by atoms with Gasteiger partial charge >= 0.3 is 0 Å². The molecule has 2 rings (SSSR count). The van der Waals surface area contributed by atoms with Crippen molar-refractivity contribution in [1.82, 2.24) is 20.1 Å². The van der Waals surface area contributed by atoms with Crippen LogP contribution < -0.4 is 10.6 Å². The van der Waals surface area contributed by atoms with Crippen molar-refractivity contribution in [3.63, 3.8) is 0 Å². The molecule has 1 aromatic rings. The number of hydrogen-bond acceptors (Lipinski definition) is 6. The van der Waals surface area contributed by atoms with Crippen molar-refractivity contribution in [2.24, 2.45) is 4.99 Å². The predicted octanol–water partition coefficient (Wildman–Crippen LogP) is 0.953. The van der Waals surface area contributed by atoms with Crippen LogP contribution in [-0.4, -0.2) is 67.8 Å². The zero-order valence-corrected chi connectivity index (χ0v) is 18.7. The van der Waals surface area contributed by atoms with Gasteiger partial charge in [0.1, 0.15) is 5.76 Å². The van der Waals surface area contributed by atoms with Crippen LogP contribution in [0.5, 0.6) is 0 Å². The third kappa shape index (κ3) is 6.61. The average Bonchev–Trinajstić information content (AvgIpc) is 2.90. The maximum atomic E-state index is 12.3. The molecule has 0 aliphatic carbocycles. The van der Waals surface area contributed by atoms with Gasteiger partial charge in [0.2, 0.25) is 10.0 Å². The number of hydrogen-bond donors (Lipinski definition) is 2. The maximum absolute atomic E-state index is 12.3. The van der Waals surface area contributed by atoms with E-state index in [-0.39, 0.29) is 29.7 Å². The quantitative estimate of drug-likeness (QED) is 0.339. The Hall–Kier alpha value is -0.530. The molecule has 1 aliphatic rings. The molecule has 1 aromatic heterocycles. The molecule has 0 spiro atoms. The lowest BCUT2D eigenvalue weighted by Crippen LogP contribution is -2.44. The molecule has 0 aromatic carbocycles. The summed E-state index contributed by atoms with van der Waals surface area (Å²) in [6.45, 7) is 5.78. The van der Waals surface area contributed by atoms with Gasteiger partial charge in [-0.25, -0.2) is 12.7 Å². The van der Waals surface area contributed by atoms with Crippen molar-refractivity contribution in [2.75, 3.05) is 43.9 Å². The first-order chi connectivity index (χ1) is 11.4. The summed E-state index contributed by atoms with van der Waals surface area (Å²) in [5.74, 6) is 3.12. The highest BCUT2D eigenvalue weighted by molar-refractivity contribution is 14.0. The Kier molecular flexibility index (Phi) is 9.52. The van der Waals surface area contributed by atoms with E-state index >= 15 is 0 Å². The lowest BCUT2D eigenvalue weighted by molar-refractivity contribution is 0.392. The van der Waals surface area contributed by atoms with Crippen LogP contribution in [0.15, 0.2) is 9.52 Å². The smallest absolute Gasteiger partial charge is 0.215 e. The minimum Gasteiger partial charge on any atom is -0.361 e. The van der Waals surface area contributed by atoms with Gasteiger partial charge in [-0.1, -0.05) is 5.16 Å². The van der Waals surface area contributed by atoms with Crippen LogP contribution in [0, 0.1) is 13.8 Å². The summed E-state index contributed by atoms with van der Waals surface area (Å²) >= 11 is 1.79. The van der Waals surface area contributed by atoms with E-state index < -0.39 is 10.0 Å². The van der Waals surface area contributed by atoms with E-state index in [0.29, 0.717) is 32.1 Å². The summed E-state index contributed by atoms with van der Waals surface area (Å²) in [6, 6.07) is 0. The normalized spacial score (nSPS) is 16.4. The topological polar surface area (TPSA) is 99.8 Å². The molecule has 25 heavy (non-hydrogen) atoms. The van der Waals surface area contributed by atoms with Crippen molar-refractivity contribution in [2.45, 2.75) is 20.4 Å². The zero-order valence-electron chi connectivity index (χ0n) is 14.7. The largest absolute Gasteiger partial charge is 0.361 e. The van der Waals surface area contributed by atoms with Gasteiger partial charge in [-0.05, 0) is 13.8 Å². The number of halogens is 1. The number of nitrogens with one attached hydrogen (secondary N) is 2. The van der Waals surface area contributed by atoms with Gasteiger partial charge in [0.05, 0.1) is 11.4 Å². The van der Waals surface area contributed by atoms with Crippen molar-refractivity contribution >= 4 is 51.7 Å². The number of guanidine groups is 1. The van der Waals surface area contributed by atoms with Crippen LogP contribution in [-0.2, 0) is 16.6 Å². The van der Waals surface area contributed by atoms with Crippen molar-refractivity contribution in [3.05, 3.63) is 17.0 Å². The van der Waals surface area contributed by atoms with Crippen LogP contribution in [0.2, 0.25) is 0 Å². The highest BCUT2D eigenvalue weighted by Crippen LogP contribution is 2.13. The molecular weight excluding hydrogens is 477 g/mol. The zero-order chi connectivity index (χ0) is 17.6. The summed E-state index contributed by atoms with van der Waals surface area (Å²) in [6.07, 6.45) is 0. The molecule has 0 atom stereocenters. The number of aromatic nitrogens is 1. The molecule has 1 aliphatic heterocycles. The van der Waals surface area contributed by atoms with Gasteiger partial charge in [0.25, 0.3) is 0 Å². The molecule has 2 N–H and O–H groups in total. The Morgan fingerprint density at radius 1 is 1.32 bits per heavy atom. The average molecular weight is 503 g/mol. The highest BCUT2D eigenvalue weighted by Gasteiger charge is 2.23. The Bertz CT molecular complexity index is 653. The molecule has 0 bridgehead atoms. The van der Waals surface area contributed by atoms with E-state index in [2.05, 4.69) is 20.8 Å². The molecule has 1 fully saturated rings.